The number of carboxylic acids is 2. The monoisotopic (exact) mass is 207 g/mol. The van der Waals surface area contributed by atoms with Gasteiger partial charge in [-0.1, -0.05) is 0 Å². The zero-order chi connectivity index (χ0) is 5.15. The molecule has 0 bridgehead atoms. The summed E-state index contributed by atoms with van der Waals surface area (Å²) in [5.74, 6) is -3.65. The van der Waals surface area contributed by atoms with Crippen molar-refractivity contribution in [1.29, 1.82) is 0 Å². The molecule has 6 heteroatoms. The Bertz CT molecular complexity index is 84.6. The molecule has 0 aliphatic rings. The van der Waals surface area contributed by atoms with Crippen LogP contribution in [0.2, 0.25) is 0 Å². The predicted octanol–water partition coefficient (Wildman–Crippen LogP) is -3.73. The van der Waals surface area contributed by atoms with E-state index in [0.717, 1.165) is 0 Å². The third-order valence-electron chi connectivity index (χ3n) is 0.183. The van der Waals surface area contributed by atoms with E-state index in [0.29, 0.717) is 0 Å². The van der Waals surface area contributed by atoms with Gasteiger partial charge in [-0.3, -0.25) is 0 Å². The molecule has 0 aromatic carbocycles. The number of carbonyl (C=O) groups is 2. The fourth-order valence-corrected chi connectivity index (χ4v) is 0. The van der Waals surface area contributed by atoms with E-state index in [9.17, 15) is 0 Å². The molecule has 41 valence electrons. The first-order valence-corrected chi connectivity index (χ1v) is 1.11. The summed E-state index contributed by atoms with van der Waals surface area (Å²) in [5, 5.41) is 14.8. The van der Waals surface area contributed by atoms with Gasteiger partial charge >= 0.3 is 41.5 Å². The van der Waals surface area contributed by atoms with E-state index in [1.54, 1.807) is 0 Å². The van der Waals surface area contributed by atoms with Crippen molar-refractivity contribution < 1.29 is 73.2 Å². The molecule has 8 heavy (non-hydrogen) atoms. The smallest absolute Gasteiger partial charge is 1.00 e. The van der Waals surface area contributed by atoms with Gasteiger partial charge in [-0.25, -0.2) is 9.59 Å². The van der Waals surface area contributed by atoms with Gasteiger partial charge in [0.05, 0.1) is 0 Å². The van der Waals surface area contributed by atoms with E-state index in [-0.39, 0.29) is 53.4 Å². The molecule has 0 fully saturated rings. The van der Waals surface area contributed by atoms with Crippen molar-refractivity contribution in [2.75, 3.05) is 0 Å². The molecule has 0 saturated carbocycles. The zero-order valence-corrected chi connectivity index (χ0v) is 8.36. The molecule has 0 amide bonds. The molecule has 0 saturated heterocycles. The molecule has 4 nitrogen and oxygen atoms in total. The number of rotatable bonds is 0. The van der Waals surface area contributed by atoms with Crippen LogP contribution in [0.15, 0.2) is 0 Å². The summed E-state index contributed by atoms with van der Waals surface area (Å²) >= 11 is 0. The predicted molar refractivity (Wildman–Crippen MR) is 16.4 cm³/mol. The van der Waals surface area contributed by atoms with Crippen LogP contribution in [0, 0.1) is 0 Å². The Morgan fingerprint density at radius 2 is 1.25 bits per heavy atom. The Labute approximate surface area is 84.5 Å². The summed E-state index contributed by atoms with van der Waals surface area (Å²) in [5.41, 5.74) is 0. The van der Waals surface area contributed by atoms with Crippen LogP contribution in [0.1, 0.15) is 1.43 Å². The first-order valence-electron chi connectivity index (χ1n) is 1.11. The molecule has 0 aliphatic heterocycles. The van der Waals surface area contributed by atoms with Gasteiger partial charge in [-0.2, -0.15) is 0 Å². The molecule has 0 atom stereocenters. The maximum Gasteiger partial charge on any atom is 1.00 e. The molecular formula is C2H3NaNbO4. The van der Waals surface area contributed by atoms with Gasteiger partial charge in [0.25, 0.3) is 0 Å². The Kier molecular flexibility index (Phi) is 15.2. The summed E-state index contributed by atoms with van der Waals surface area (Å²) in [6.45, 7) is 0. The van der Waals surface area contributed by atoms with Gasteiger partial charge in [-0.15, -0.1) is 0 Å². The normalized spacial score (nSPS) is 5.50. The second kappa shape index (κ2) is 7.68. The molecule has 1 radical (unpaired) electrons. The molecule has 0 aromatic rings. The maximum atomic E-state index is 9.10. The van der Waals surface area contributed by atoms with Gasteiger partial charge in [-0.05, 0) is 0 Å². The molecular weight excluding hydrogens is 204 g/mol. The first-order chi connectivity index (χ1) is 2.64. The molecule has 0 aromatic heterocycles. The number of carboxylic acid groups (broad SMARTS) is 2. The fraction of sp³-hybridized carbons (Fsp3) is 0. The first kappa shape index (κ1) is 15.9. The van der Waals surface area contributed by atoms with Crippen molar-refractivity contribution in [3.8, 4) is 0 Å². The summed E-state index contributed by atoms with van der Waals surface area (Å²) in [6, 6.07) is 0. The standard InChI is InChI=1S/C2H2O4.Na.Nb.H/c3-1(4)2(5)6;;;/h(H,3,4)(H,5,6);;;/q;+1;;-1. The third-order valence-corrected chi connectivity index (χ3v) is 0.183. The largest absolute Gasteiger partial charge is 1.00 e. The number of hydrogen-bond acceptors (Lipinski definition) is 2. The van der Waals surface area contributed by atoms with Crippen molar-refractivity contribution in [3.63, 3.8) is 0 Å². The van der Waals surface area contributed by atoms with Crippen LogP contribution >= 0.6 is 0 Å². The summed E-state index contributed by atoms with van der Waals surface area (Å²) in [4.78, 5) is 18.2. The van der Waals surface area contributed by atoms with Crippen LogP contribution in [-0.4, -0.2) is 22.2 Å². The minimum atomic E-state index is -1.82. The fourth-order valence-electron chi connectivity index (χ4n) is 0. The Balaban J connectivity index is -0.0000000417. The van der Waals surface area contributed by atoms with Crippen LogP contribution in [0.4, 0.5) is 0 Å². The average Bonchev–Trinajstić information content (AvgIpc) is 1.36. The minimum Gasteiger partial charge on any atom is -1.00 e. The molecule has 0 heterocycles. The third kappa shape index (κ3) is 9.84. The van der Waals surface area contributed by atoms with Gasteiger partial charge in [0.15, 0.2) is 0 Å². The quantitative estimate of drug-likeness (QED) is 0.316. The Morgan fingerprint density at radius 1 is 1.12 bits per heavy atom. The van der Waals surface area contributed by atoms with E-state index in [1.165, 1.54) is 0 Å². The van der Waals surface area contributed by atoms with E-state index in [1.807, 2.05) is 0 Å². The van der Waals surface area contributed by atoms with Gasteiger partial charge in [0.2, 0.25) is 0 Å². The van der Waals surface area contributed by atoms with E-state index < -0.39 is 11.9 Å². The van der Waals surface area contributed by atoms with Crippen LogP contribution in [0.5, 0.6) is 0 Å². The minimum absolute atomic E-state index is 0. The molecule has 2 N–H and O–H groups in total. The second-order valence-corrected chi connectivity index (χ2v) is 0.610. The Hall–Kier alpha value is 0.680. The van der Waals surface area contributed by atoms with Gasteiger partial charge < -0.3 is 11.6 Å². The topological polar surface area (TPSA) is 74.6 Å². The summed E-state index contributed by atoms with van der Waals surface area (Å²) in [7, 11) is 0. The Morgan fingerprint density at radius 3 is 1.25 bits per heavy atom. The summed E-state index contributed by atoms with van der Waals surface area (Å²) < 4.78 is 0. The second-order valence-electron chi connectivity index (χ2n) is 0.610. The zero-order valence-electron chi connectivity index (χ0n) is 5.16. The molecule has 0 rings (SSSR count). The van der Waals surface area contributed by atoms with E-state index in [4.69, 9.17) is 19.8 Å². The SMILES string of the molecule is O=C(O)C(=O)O.[H-].[Na+].[Nb]. The number of aliphatic carboxylic acids is 2. The number of hydrogen-bond donors (Lipinski definition) is 2. The van der Waals surface area contributed by atoms with Crippen molar-refractivity contribution in [2.45, 2.75) is 0 Å². The van der Waals surface area contributed by atoms with Crippen LogP contribution in [-0.2, 0) is 32.0 Å². The van der Waals surface area contributed by atoms with Gasteiger partial charge in [0, 0.05) is 22.4 Å². The molecule has 0 unspecified atom stereocenters. The molecule has 0 spiro atoms. The van der Waals surface area contributed by atoms with Crippen LogP contribution < -0.4 is 29.6 Å². The van der Waals surface area contributed by atoms with Gasteiger partial charge in [0.1, 0.15) is 0 Å². The average molecular weight is 207 g/mol. The van der Waals surface area contributed by atoms with Crippen LogP contribution in [0.25, 0.3) is 0 Å². The maximum absolute atomic E-state index is 9.10. The van der Waals surface area contributed by atoms with E-state index in [2.05, 4.69) is 0 Å². The van der Waals surface area contributed by atoms with Crippen LogP contribution in [0.3, 0.4) is 0 Å². The van der Waals surface area contributed by atoms with Crippen molar-refractivity contribution >= 4 is 11.9 Å². The van der Waals surface area contributed by atoms with Crippen molar-refractivity contribution in [2.24, 2.45) is 0 Å². The van der Waals surface area contributed by atoms with Crippen molar-refractivity contribution in [3.05, 3.63) is 0 Å². The molecule has 0 aliphatic carbocycles. The van der Waals surface area contributed by atoms with E-state index >= 15 is 0 Å². The summed E-state index contributed by atoms with van der Waals surface area (Å²) in [6.07, 6.45) is 0. The van der Waals surface area contributed by atoms with Crippen molar-refractivity contribution in [1.82, 2.24) is 0 Å².